The number of para-hydroxylation sites is 2. The number of urea groups is 1. The summed E-state index contributed by atoms with van der Waals surface area (Å²) in [4.78, 5) is 16.9. The molecule has 1 saturated heterocycles. The fourth-order valence-corrected chi connectivity index (χ4v) is 4.22. The molecule has 1 aliphatic rings. The van der Waals surface area contributed by atoms with Crippen molar-refractivity contribution < 1.29 is 14.1 Å². The molecule has 162 valence electrons. The molecule has 1 aliphatic heterocycles. The molecule has 0 radical (unpaired) electrons. The van der Waals surface area contributed by atoms with Gasteiger partial charge in [0.25, 0.3) is 0 Å². The first-order valence-electron chi connectivity index (χ1n) is 9.84. The minimum atomic E-state index is -0.226. The minimum Gasteiger partial charge on any atom is -0.495 e. The Morgan fingerprint density at radius 3 is 2.42 bits per heavy atom. The number of aryl methyl sites for hydroxylation is 1. The lowest BCUT2D eigenvalue weighted by atomic mass is 10.1. The van der Waals surface area contributed by atoms with Crippen molar-refractivity contribution in [1.82, 2.24) is 10.1 Å². The standard InChI is InChI=1S/C22H22Cl2N4O3/c1-14-20(21(26-31-14)19-15(23)6-5-7-16(19)24)25-22(29)28-12-10-27(11-13-28)17-8-3-4-9-18(17)30-2/h3-9H,10-13H2,1-2H3,(H,25,29). The topological polar surface area (TPSA) is 70.8 Å². The third-order valence-electron chi connectivity index (χ3n) is 5.29. The van der Waals surface area contributed by atoms with E-state index >= 15 is 0 Å². The summed E-state index contributed by atoms with van der Waals surface area (Å²) in [5, 5.41) is 7.87. The molecular weight excluding hydrogens is 439 g/mol. The predicted octanol–water partition coefficient (Wildman–Crippen LogP) is 5.32. The van der Waals surface area contributed by atoms with Crippen molar-refractivity contribution in [2.24, 2.45) is 0 Å². The second-order valence-electron chi connectivity index (χ2n) is 7.14. The van der Waals surface area contributed by atoms with Gasteiger partial charge in [0, 0.05) is 31.7 Å². The van der Waals surface area contributed by atoms with Crippen LogP contribution in [0.4, 0.5) is 16.2 Å². The molecule has 0 saturated carbocycles. The highest BCUT2D eigenvalue weighted by molar-refractivity contribution is 6.39. The van der Waals surface area contributed by atoms with E-state index in [4.69, 9.17) is 32.5 Å². The molecule has 9 heteroatoms. The number of methoxy groups -OCH3 is 1. The lowest BCUT2D eigenvalue weighted by Gasteiger charge is -2.36. The van der Waals surface area contributed by atoms with Crippen LogP contribution >= 0.6 is 23.2 Å². The van der Waals surface area contributed by atoms with Crippen LogP contribution in [0.5, 0.6) is 5.75 Å². The van der Waals surface area contributed by atoms with Crippen molar-refractivity contribution in [3.63, 3.8) is 0 Å². The normalized spacial score (nSPS) is 13.9. The summed E-state index contributed by atoms with van der Waals surface area (Å²) < 4.78 is 10.8. The Morgan fingerprint density at radius 1 is 1.06 bits per heavy atom. The number of halogens is 2. The molecule has 0 atom stereocenters. The van der Waals surface area contributed by atoms with E-state index in [0.717, 1.165) is 11.4 Å². The summed E-state index contributed by atoms with van der Waals surface area (Å²) in [6.45, 7) is 4.25. The zero-order chi connectivity index (χ0) is 22.0. The Labute approximate surface area is 190 Å². The number of carbonyl (C=O) groups excluding carboxylic acids is 1. The van der Waals surface area contributed by atoms with E-state index in [1.54, 1.807) is 37.1 Å². The van der Waals surface area contributed by atoms with E-state index in [1.807, 2.05) is 24.3 Å². The number of piperazine rings is 1. The summed E-state index contributed by atoms with van der Waals surface area (Å²) in [7, 11) is 1.66. The molecule has 0 spiro atoms. The average molecular weight is 461 g/mol. The van der Waals surface area contributed by atoms with Gasteiger partial charge in [-0.1, -0.05) is 46.6 Å². The van der Waals surface area contributed by atoms with Crippen LogP contribution in [-0.2, 0) is 0 Å². The molecule has 31 heavy (non-hydrogen) atoms. The van der Waals surface area contributed by atoms with E-state index in [-0.39, 0.29) is 6.03 Å². The van der Waals surface area contributed by atoms with Gasteiger partial charge in [-0.2, -0.15) is 0 Å². The van der Waals surface area contributed by atoms with Crippen molar-refractivity contribution in [1.29, 1.82) is 0 Å². The van der Waals surface area contributed by atoms with Gasteiger partial charge in [-0.3, -0.25) is 0 Å². The molecule has 2 heterocycles. The largest absolute Gasteiger partial charge is 0.495 e. The predicted molar refractivity (Wildman–Crippen MR) is 122 cm³/mol. The van der Waals surface area contributed by atoms with Gasteiger partial charge in [-0.25, -0.2) is 4.79 Å². The van der Waals surface area contributed by atoms with Gasteiger partial charge < -0.3 is 24.4 Å². The molecular formula is C22H22Cl2N4O3. The number of hydrogen-bond acceptors (Lipinski definition) is 5. The van der Waals surface area contributed by atoms with Crippen molar-refractivity contribution >= 4 is 40.6 Å². The van der Waals surface area contributed by atoms with E-state index in [2.05, 4.69) is 15.4 Å². The molecule has 0 aliphatic carbocycles. The monoisotopic (exact) mass is 460 g/mol. The number of nitrogens with zero attached hydrogens (tertiary/aromatic N) is 3. The Morgan fingerprint density at radius 2 is 1.74 bits per heavy atom. The first kappa shape index (κ1) is 21.3. The molecule has 1 aromatic heterocycles. The van der Waals surface area contributed by atoms with Gasteiger partial charge in [0.1, 0.15) is 17.1 Å². The van der Waals surface area contributed by atoms with Crippen LogP contribution < -0.4 is 15.0 Å². The van der Waals surface area contributed by atoms with Gasteiger partial charge in [-0.05, 0) is 31.2 Å². The van der Waals surface area contributed by atoms with Crippen LogP contribution in [-0.4, -0.2) is 49.4 Å². The number of nitrogens with one attached hydrogen (secondary N) is 1. The SMILES string of the molecule is COc1ccccc1N1CCN(C(=O)Nc2c(-c3c(Cl)cccc3Cl)noc2C)CC1. The Balaban J connectivity index is 1.48. The van der Waals surface area contributed by atoms with Crippen LogP contribution in [0.25, 0.3) is 11.3 Å². The fourth-order valence-electron chi connectivity index (χ4n) is 3.64. The van der Waals surface area contributed by atoms with E-state index in [9.17, 15) is 4.79 Å². The van der Waals surface area contributed by atoms with Gasteiger partial charge >= 0.3 is 6.03 Å². The number of rotatable bonds is 4. The Bertz CT molecular complexity index is 1070. The molecule has 0 bridgehead atoms. The van der Waals surface area contributed by atoms with Crippen LogP contribution in [0.15, 0.2) is 47.0 Å². The first-order chi connectivity index (χ1) is 15.0. The van der Waals surface area contributed by atoms with Crippen molar-refractivity contribution in [2.75, 3.05) is 43.5 Å². The highest BCUT2D eigenvalue weighted by Gasteiger charge is 2.26. The van der Waals surface area contributed by atoms with E-state index in [0.29, 0.717) is 58.9 Å². The van der Waals surface area contributed by atoms with Crippen molar-refractivity contribution in [3.8, 4) is 17.0 Å². The Kier molecular flexibility index (Phi) is 6.25. The van der Waals surface area contributed by atoms with Gasteiger partial charge in [0.15, 0.2) is 5.76 Å². The van der Waals surface area contributed by atoms with Crippen LogP contribution in [0.1, 0.15) is 5.76 Å². The van der Waals surface area contributed by atoms with Crippen LogP contribution in [0.3, 0.4) is 0 Å². The maximum atomic E-state index is 13.0. The molecule has 4 rings (SSSR count). The molecule has 0 unspecified atom stereocenters. The molecule has 3 aromatic rings. The smallest absolute Gasteiger partial charge is 0.322 e. The molecule has 2 aromatic carbocycles. The zero-order valence-electron chi connectivity index (χ0n) is 17.2. The number of anilines is 2. The van der Waals surface area contributed by atoms with Crippen LogP contribution in [0, 0.1) is 6.92 Å². The zero-order valence-corrected chi connectivity index (χ0v) is 18.7. The number of benzene rings is 2. The number of amides is 2. The molecule has 7 nitrogen and oxygen atoms in total. The third kappa shape index (κ3) is 4.29. The lowest BCUT2D eigenvalue weighted by Crippen LogP contribution is -2.50. The summed E-state index contributed by atoms with van der Waals surface area (Å²) in [5.41, 5.74) is 2.43. The van der Waals surface area contributed by atoms with E-state index in [1.165, 1.54) is 0 Å². The fraction of sp³-hybridized carbons (Fsp3) is 0.273. The maximum Gasteiger partial charge on any atom is 0.322 e. The summed E-state index contributed by atoms with van der Waals surface area (Å²) >= 11 is 12.6. The number of aromatic nitrogens is 1. The van der Waals surface area contributed by atoms with E-state index < -0.39 is 0 Å². The van der Waals surface area contributed by atoms with Gasteiger partial charge in [-0.15, -0.1) is 0 Å². The second-order valence-corrected chi connectivity index (χ2v) is 7.95. The van der Waals surface area contributed by atoms with Crippen molar-refractivity contribution in [2.45, 2.75) is 6.92 Å². The average Bonchev–Trinajstić information content (AvgIpc) is 3.13. The summed E-state index contributed by atoms with van der Waals surface area (Å²) in [6.07, 6.45) is 0. The third-order valence-corrected chi connectivity index (χ3v) is 5.92. The summed E-state index contributed by atoms with van der Waals surface area (Å²) in [5.74, 6) is 1.30. The first-order valence-corrected chi connectivity index (χ1v) is 10.6. The number of ether oxygens (including phenoxy) is 1. The maximum absolute atomic E-state index is 13.0. The molecule has 1 N–H and O–H groups in total. The second kappa shape index (κ2) is 9.08. The highest BCUT2D eigenvalue weighted by Crippen LogP contribution is 2.39. The minimum absolute atomic E-state index is 0.226. The molecule has 2 amide bonds. The quantitative estimate of drug-likeness (QED) is 0.570. The Hall–Kier alpha value is -2.90. The van der Waals surface area contributed by atoms with Gasteiger partial charge in [0.2, 0.25) is 0 Å². The lowest BCUT2D eigenvalue weighted by molar-refractivity contribution is 0.208. The highest BCUT2D eigenvalue weighted by atomic mass is 35.5. The summed E-state index contributed by atoms with van der Waals surface area (Å²) in [6, 6.07) is 12.8. The molecule has 1 fully saturated rings. The number of hydrogen-bond donors (Lipinski definition) is 1. The van der Waals surface area contributed by atoms with Gasteiger partial charge in [0.05, 0.1) is 22.8 Å². The van der Waals surface area contributed by atoms with Crippen molar-refractivity contribution in [3.05, 3.63) is 58.3 Å². The number of carbonyl (C=O) groups is 1. The van der Waals surface area contributed by atoms with Crippen LogP contribution in [0.2, 0.25) is 10.0 Å².